The first-order valence-electron chi connectivity index (χ1n) is 3.73. The molecule has 1 aromatic heterocycles. The summed E-state index contributed by atoms with van der Waals surface area (Å²) in [7, 11) is 0. The van der Waals surface area contributed by atoms with Crippen molar-refractivity contribution >= 4 is 33.5 Å². The van der Waals surface area contributed by atoms with E-state index >= 15 is 0 Å². The maximum Gasteiger partial charge on any atom is 0.337 e. The fourth-order valence-electron chi connectivity index (χ4n) is 1.09. The van der Waals surface area contributed by atoms with Gasteiger partial charge >= 0.3 is 5.97 Å². The van der Waals surface area contributed by atoms with Gasteiger partial charge in [0, 0.05) is 22.7 Å². The number of nitrogens with zero attached hydrogens (tertiary/aromatic N) is 1. The number of halogens is 4. The monoisotopic (exact) mass is 299 g/mol. The minimum Gasteiger partial charge on any atom is -0.478 e. The Hall–Kier alpha value is -0.750. The standard InChI is InChI=1S/C8H5BrClF2NO2/c9-1-3-5(7(11)12)4(8(14)15)2-13-6(3)10/h2,7H,1H2,(H,14,15). The minimum absolute atomic E-state index is 0.00608. The third-order valence-electron chi connectivity index (χ3n) is 1.75. The zero-order valence-electron chi connectivity index (χ0n) is 7.18. The van der Waals surface area contributed by atoms with Gasteiger partial charge in [-0.15, -0.1) is 0 Å². The summed E-state index contributed by atoms with van der Waals surface area (Å²) in [5.41, 5.74) is -1.10. The van der Waals surface area contributed by atoms with Crippen LogP contribution in [0.4, 0.5) is 8.78 Å². The van der Waals surface area contributed by atoms with Crippen LogP contribution in [0.3, 0.4) is 0 Å². The van der Waals surface area contributed by atoms with Gasteiger partial charge in [-0.2, -0.15) is 0 Å². The Balaban J connectivity index is 3.49. The third kappa shape index (κ3) is 2.43. The zero-order chi connectivity index (χ0) is 11.6. The largest absolute Gasteiger partial charge is 0.478 e. The molecule has 0 saturated carbocycles. The fourth-order valence-corrected chi connectivity index (χ4v) is 2.04. The number of carboxylic acid groups (broad SMARTS) is 1. The molecule has 0 atom stereocenters. The van der Waals surface area contributed by atoms with E-state index in [1.807, 2.05) is 0 Å². The summed E-state index contributed by atoms with van der Waals surface area (Å²) < 4.78 is 25.3. The maximum atomic E-state index is 12.6. The van der Waals surface area contributed by atoms with Crippen molar-refractivity contribution in [2.45, 2.75) is 11.8 Å². The lowest BCUT2D eigenvalue weighted by atomic mass is 10.1. The van der Waals surface area contributed by atoms with Crippen LogP contribution in [0.1, 0.15) is 27.9 Å². The molecule has 0 saturated heterocycles. The number of carboxylic acids is 1. The van der Waals surface area contributed by atoms with Gasteiger partial charge in [-0.05, 0) is 0 Å². The highest BCUT2D eigenvalue weighted by Gasteiger charge is 2.24. The van der Waals surface area contributed by atoms with Gasteiger partial charge in [0.2, 0.25) is 0 Å². The van der Waals surface area contributed by atoms with Gasteiger partial charge in [0.15, 0.2) is 0 Å². The highest BCUT2D eigenvalue weighted by molar-refractivity contribution is 9.08. The molecule has 0 aliphatic carbocycles. The van der Waals surface area contributed by atoms with E-state index in [0.717, 1.165) is 6.20 Å². The predicted octanol–water partition coefficient (Wildman–Crippen LogP) is 3.27. The van der Waals surface area contributed by atoms with Crippen LogP contribution in [-0.2, 0) is 5.33 Å². The first kappa shape index (κ1) is 12.3. The van der Waals surface area contributed by atoms with E-state index in [1.165, 1.54) is 0 Å². The lowest BCUT2D eigenvalue weighted by Crippen LogP contribution is -2.07. The molecule has 0 fully saturated rings. The second kappa shape index (κ2) is 4.85. The summed E-state index contributed by atoms with van der Waals surface area (Å²) in [4.78, 5) is 14.2. The van der Waals surface area contributed by atoms with E-state index in [4.69, 9.17) is 16.7 Å². The fraction of sp³-hybridized carbons (Fsp3) is 0.250. The molecule has 0 bridgehead atoms. The van der Waals surface area contributed by atoms with Crippen LogP contribution in [0.2, 0.25) is 5.15 Å². The quantitative estimate of drug-likeness (QED) is 0.688. The van der Waals surface area contributed by atoms with Gasteiger partial charge in [-0.3, -0.25) is 0 Å². The Morgan fingerprint density at radius 2 is 2.27 bits per heavy atom. The third-order valence-corrected chi connectivity index (χ3v) is 2.64. The Kier molecular flexibility index (Phi) is 3.98. The van der Waals surface area contributed by atoms with E-state index < -0.39 is 23.5 Å². The highest BCUT2D eigenvalue weighted by atomic mass is 79.9. The number of alkyl halides is 3. The van der Waals surface area contributed by atoms with Crippen molar-refractivity contribution in [3.63, 3.8) is 0 Å². The summed E-state index contributed by atoms with van der Waals surface area (Å²) in [6, 6.07) is 0. The van der Waals surface area contributed by atoms with Crippen LogP contribution < -0.4 is 0 Å². The smallest absolute Gasteiger partial charge is 0.337 e. The molecule has 1 aromatic rings. The lowest BCUT2D eigenvalue weighted by Gasteiger charge is -2.10. The van der Waals surface area contributed by atoms with Crippen LogP contribution in [0, 0.1) is 0 Å². The first-order valence-corrected chi connectivity index (χ1v) is 5.23. The molecule has 3 nitrogen and oxygen atoms in total. The van der Waals surface area contributed by atoms with Crippen LogP contribution in [0.25, 0.3) is 0 Å². The number of aromatic carboxylic acids is 1. The molecule has 7 heteroatoms. The van der Waals surface area contributed by atoms with Crippen LogP contribution >= 0.6 is 27.5 Å². The summed E-state index contributed by atoms with van der Waals surface area (Å²) in [5.74, 6) is -1.45. The highest BCUT2D eigenvalue weighted by Crippen LogP contribution is 2.31. The van der Waals surface area contributed by atoms with Crippen molar-refractivity contribution in [3.05, 3.63) is 28.0 Å². The van der Waals surface area contributed by atoms with Crippen molar-refractivity contribution in [2.24, 2.45) is 0 Å². The summed E-state index contributed by atoms with van der Waals surface area (Å²) in [6.07, 6.45) is -2.07. The van der Waals surface area contributed by atoms with E-state index in [2.05, 4.69) is 20.9 Å². The summed E-state index contributed by atoms with van der Waals surface area (Å²) in [5, 5.41) is 8.60. The average Bonchev–Trinajstić information content (AvgIpc) is 2.16. The second-order valence-electron chi connectivity index (χ2n) is 2.59. The Labute approximate surface area is 97.2 Å². The SMILES string of the molecule is O=C(O)c1cnc(Cl)c(CBr)c1C(F)F. The van der Waals surface area contributed by atoms with Crippen molar-refractivity contribution in [2.75, 3.05) is 0 Å². The molecule has 15 heavy (non-hydrogen) atoms. The Morgan fingerprint density at radius 3 is 2.67 bits per heavy atom. The Morgan fingerprint density at radius 1 is 1.67 bits per heavy atom. The van der Waals surface area contributed by atoms with Gasteiger partial charge in [0.05, 0.1) is 5.56 Å². The molecule has 0 unspecified atom stereocenters. The van der Waals surface area contributed by atoms with Crippen molar-refractivity contribution in [1.82, 2.24) is 4.98 Å². The maximum absolute atomic E-state index is 12.6. The van der Waals surface area contributed by atoms with Crippen LogP contribution in [0.5, 0.6) is 0 Å². The molecular formula is C8H5BrClF2NO2. The predicted molar refractivity (Wildman–Crippen MR) is 53.8 cm³/mol. The molecule has 1 heterocycles. The zero-order valence-corrected chi connectivity index (χ0v) is 9.52. The summed E-state index contributed by atoms with van der Waals surface area (Å²) in [6.45, 7) is 0. The number of rotatable bonds is 3. The average molecular weight is 300 g/mol. The van der Waals surface area contributed by atoms with Gasteiger partial charge in [0.1, 0.15) is 5.15 Å². The molecule has 82 valence electrons. The topological polar surface area (TPSA) is 50.2 Å². The van der Waals surface area contributed by atoms with Gasteiger partial charge in [-0.25, -0.2) is 18.6 Å². The first-order chi connectivity index (χ1) is 6.99. The molecular weight excluding hydrogens is 295 g/mol. The number of aromatic nitrogens is 1. The van der Waals surface area contributed by atoms with E-state index in [-0.39, 0.29) is 16.0 Å². The number of hydrogen-bond acceptors (Lipinski definition) is 2. The molecule has 0 radical (unpaired) electrons. The molecule has 0 amide bonds. The lowest BCUT2D eigenvalue weighted by molar-refractivity contribution is 0.0683. The molecule has 0 aliphatic rings. The molecule has 1 rings (SSSR count). The van der Waals surface area contributed by atoms with Crippen molar-refractivity contribution < 1.29 is 18.7 Å². The van der Waals surface area contributed by atoms with E-state index in [1.54, 1.807) is 0 Å². The number of hydrogen-bond donors (Lipinski definition) is 1. The van der Waals surface area contributed by atoms with Crippen LogP contribution in [-0.4, -0.2) is 16.1 Å². The minimum atomic E-state index is -2.90. The van der Waals surface area contributed by atoms with E-state index in [0.29, 0.717) is 0 Å². The number of carbonyl (C=O) groups is 1. The molecule has 0 aromatic carbocycles. The van der Waals surface area contributed by atoms with Gasteiger partial charge in [-0.1, -0.05) is 27.5 Å². The number of pyridine rings is 1. The van der Waals surface area contributed by atoms with Crippen LogP contribution in [0.15, 0.2) is 6.20 Å². The molecule has 1 N–H and O–H groups in total. The van der Waals surface area contributed by atoms with Gasteiger partial charge < -0.3 is 5.11 Å². The van der Waals surface area contributed by atoms with Crippen molar-refractivity contribution in [1.29, 1.82) is 0 Å². The second-order valence-corrected chi connectivity index (χ2v) is 3.51. The normalized spacial score (nSPS) is 10.7. The van der Waals surface area contributed by atoms with Crippen molar-refractivity contribution in [3.8, 4) is 0 Å². The molecule has 0 aliphatic heterocycles. The van der Waals surface area contributed by atoms with Gasteiger partial charge in [0.25, 0.3) is 6.43 Å². The summed E-state index contributed by atoms with van der Waals surface area (Å²) >= 11 is 8.54. The molecule has 0 spiro atoms. The Bertz CT molecular complexity index is 400. The van der Waals surface area contributed by atoms with E-state index in [9.17, 15) is 13.6 Å².